The molecule has 0 aliphatic carbocycles. The van der Waals surface area contributed by atoms with Crippen molar-refractivity contribution >= 4 is 21.6 Å². The van der Waals surface area contributed by atoms with Crippen molar-refractivity contribution in [3.05, 3.63) is 23.6 Å². The normalized spacial score (nSPS) is 28.2. The molecule has 0 aromatic carbocycles. The van der Waals surface area contributed by atoms with Crippen LogP contribution in [0.2, 0.25) is 0 Å². The summed E-state index contributed by atoms with van der Waals surface area (Å²) in [4.78, 5) is 0. The van der Waals surface area contributed by atoms with Gasteiger partial charge in [-0.05, 0) is 5.41 Å². The molecule has 0 aromatic rings. The average molecular weight is 194 g/mol. The standard InChI is InChI=1S/C8H6N2S2/c9-4-1-2-8-7(6-10)3-5-11-12-8/h1-3,5,7-8H/b2-1-. The van der Waals surface area contributed by atoms with Crippen LogP contribution in [0.25, 0.3) is 0 Å². The molecule has 0 amide bonds. The molecule has 2 nitrogen and oxygen atoms in total. The summed E-state index contributed by atoms with van der Waals surface area (Å²) in [7, 11) is 3.20. The second-order valence-corrected chi connectivity index (χ2v) is 4.48. The summed E-state index contributed by atoms with van der Waals surface area (Å²) in [5.41, 5.74) is 0. The van der Waals surface area contributed by atoms with Crippen LogP contribution in [0, 0.1) is 28.6 Å². The molecule has 12 heavy (non-hydrogen) atoms. The number of rotatable bonds is 1. The first-order chi connectivity index (χ1) is 5.88. The van der Waals surface area contributed by atoms with E-state index in [1.165, 1.54) is 6.08 Å². The molecular formula is C8H6N2S2. The van der Waals surface area contributed by atoms with Crippen LogP contribution >= 0.6 is 21.6 Å². The first kappa shape index (κ1) is 9.25. The van der Waals surface area contributed by atoms with E-state index in [1.807, 2.05) is 17.6 Å². The third-order valence-corrected chi connectivity index (χ3v) is 3.76. The van der Waals surface area contributed by atoms with Crippen molar-refractivity contribution in [1.82, 2.24) is 0 Å². The largest absolute Gasteiger partial charge is 0.198 e. The monoisotopic (exact) mass is 194 g/mol. The van der Waals surface area contributed by atoms with Gasteiger partial charge in [0, 0.05) is 6.08 Å². The highest BCUT2D eigenvalue weighted by molar-refractivity contribution is 8.78. The van der Waals surface area contributed by atoms with Crippen molar-refractivity contribution in [3.8, 4) is 12.1 Å². The van der Waals surface area contributed by atoms with E-state index in [4.69, 9.17) is 10.5 Å². The van der Waals surface area contributed by atoms with Gasteiger partial charge in [-0.1, -0.05) is 33.7 Å². The number of hydrogen-bond donors (Lipinski definition) is 0. The fourth-order valence-electron chi connectivity index (χ4n) is 0.788. The Hall–Kier alpha value is -0.840. The molecule has 1 rings (SSSR count). The maximum atomic E-state index is 8.72. The SMILES string of the molecule is N#C/C=C\C1SSC=CC1C#N. The summed E-state index contributed by atoms with van der Waals surface area (Å²) in [6, 6.07) is 4.10. The van der Waals surface area contributed by atoms with Crippen molar-refractivity contribution in [3.63, 3.8) is 0 Å². The Kier molecular flexibility index (Phi) is 3.79. The van der Waals surface area contributed by atoms with Gasteiger partial charge in [0.1, 0.15) is 0 Å². The third-order valence-electron chi connectivity index (χ3n) is 1.37. The number of nitrogens with zero attached hydrogens (tertiary/aromatic N) is 2. The van der Waals surface area contributed by atoms with E-state index >= 15 is 0 Å². The highest BCUT2D eigenvalue weighted by atomic mass is 33.1. The summed E-state index contributed by atoms with van der Waals surface area (Å²) in [6.07, 6.45) is 5.07. The Morgan fingerprint density at radius 2 is 2.25 bits per heavy atom. The smallest absolute Gasteiger partial charge is 0.0909 e. The van der Waals surface area contributed by atoms with Crippen LogP contribution in [-0.2, 0) is 0 Å². The Bertz CT molecular complexity index is 282. The fraction of sp³-hybridized carbons (Fsp3) is 0.250. The second kappa shape index (κ2) is 4.92. The van der Waals surface area contributed by atoms with Gasteiger partial charge >= 0.3 is 0 Å². The van der Waals surface area contributed by atoms with Gasteiger partial charge in [0.05, 0.1) is 23.3 Å². The number of allylic oxidation sites excluding steroid dienone is 2. The number of nitriles is 2. The highest BCUT2D eigenvalue weighted by Gasteiger charge is 2.19. The molecule has 2 atom stereocenters. The van der Waals surface area contributed by atoms with Crippen molar-refractivity contribution < 1.29 is 0 Å². The van der Waals surface area contributed by atoms with E-state index in [2.05, 4.69) is 6.07 Å². The van der Waals surface area contributed by atoms with E-state index < -0.39 is 0 Å². The summed E-state index contributed by atoms with van der Waals surface area (Å²) in [5, 5.41) is 19.0. The second-order valence-electron chi connectivity index (χ2n) is 2.13. The quantitative estimate of drug-likeness (QED) is 0.475. The van der Waals surface area contributed by atoms with E-state index in [9.17, 15) is 0 Å². The zero-order valence-electron chi connectivity index (χ0n) is 6.18. The fourth-order valence-corrected chi connectivity index (χ4v) is 2.95. The minimum Gasteiger partial charge on any atom is -0.198 e. The van der Waals surface area contributed by atoms with Crippen LogP contribution in [0.15, 0.2) is 23.6 Å². The molecule has 4 heteroatoms. The average Bonchev–Trinajstić information content (AvgIpc) is 2.15. The van der Waals surface area contributed by atoms with Gasteiger partial charge in [0.25, 0.3) is 0 Å². The van der Waals surface area contributed by atoms with E-state index in [0.717, 1.165) is 0 Å². The Balaban J connectivity index is 2.65. The van der Waals surface area contributed by atoms with Crippen LogP contribution < -0.4 is 0 Å². The molecule has 2 unspecified atom stereocenters. The molecule has 0 aromatic heterocycles. The summed E-state index contributed by atoms with van der Waals surface area (Å²) < 4.78 is 0. The Labute approximate surface area is 79.3 Å². The summed E-state index contributed by atoms with van der Waals surface area (Å²) in [6.45, 7) is 0. The maximum Gasteiger partial charge on any atom is 0.0909 e. The summed E-state index contributed by atoms with van der Waals surface area (Å²) in [5.74, 6) is -0.0964. The van der Waals surface area contributed by atoms with E-state index in [1.54, 1.807) is 27.7 Å². The summed E-state index contributed by atoms with van der Waals surface area (Å²) >= 11 is 0. The van der Waals surface area contributed by atoms with Crippen LogP contribution in [0.3, 0.4) is 0 Å². The first-order valence-corrected chi connectivity index (χ1v) is 5.61. The van der Waals surface area contributed by atoms with Crippen LogP contribution in [0.4, 0.5) is 0 Å². The molecule has 0 radical (unpaired) electrons. The van der Waals surface area contributed by atoms with Gasteiger partial charge < -0.3 is 0 Å². The Morgan fingerprint density at radius 1 is 1.42 bits per heavy atom. The predicted molar refractivity (Wildman–Crippen MR) is 52.0 cm³/mol. The zero-order valence-corrected chi connectivity index (χ0v) is 7.81. The maximum absolute atomic E-state index is 8.72. The molecular weight excluding hydrogens is 188 g/mol. The van der Waals surface area contributed by atoms with Gasteiger partial charge in [-0.3, -0.25) is 0 Å². The van der Waals surface area contributed by atoms with Gasteiger partial charge in [-0.2, -0.15) is 10.5 Å². The lowest BCUT2D eigenvalue weighted by atomic mass is 10.1. The zero-order chi connectivity index (χ0) is 8.81. The van der Waals surface area contributed by atoms with Crippen LogP contribution in [0.1, 0.15) is 0 Å². The van der Waals surface area contributed by atoms with Crippen LogP contribution in [0.5, 0.6) is 0 Å². The molecule has 0 saturated carbocycles. The molecule has 0 bridgehead atoms. The molecule has 0 spiro atoms. The molecule has 60 valence electrons. The lowest BCUT2D eigenvalue weighted by Crippen LogP contribution is -2.11. The molecule has 0 N–H and O–H groups in total. The predicted octanol–water partition coefficient (Wildman–Crippen LogP) is 2.48. The highest BCUT2D eigenvalue weighted by Crippen LogP contribution is 2.38. The van der Waals surface area contributed by atoms with Gasteiger partial charge in [0.15, 0.2) is 0 Å². The third kappa shape index (κ3) is 2.34. The molecule has 1 heterocycles. The minimum atomic E-state index is -0.0964. The van der Waals surface area contributed by atoms with Crippen molar-refractivity contribution in [1.29, 1.82) is 10.5 Å². The molecule has 0 saturated heterocycles. The van der Waals surface area contributed by atoms with Crippen molar-refractivity contribution in [2.75, 3.05) is 0 Å². The molecule has 1 aliphatic rings. The van der Waals surface area contributed by atoms with Gasteiger partial charge in [-0.25, -0.2) is 0 Å². The van der Waals surface area contributed by atoms with Crippen molar-refractivity contribution in [2.24, 2.45) is 5.92 Å². The topological polar surface area (TPSA) is 47.6 Å². The minimum absolute atomic E-state index is 0.0964. The van der Waals surface area contributed by atoms with E-state index in [0.29, 0.717) is 0 Å². The van der Waals surface area contributed by atoms with Gasteiger partial charge in [-0.15, -0.1) is 0 Å². The lowest BCUT2D eigenvalue weighted by molar-refractivity contribution is 0.870. The van der Waals surface area contributed by atoms with E-state index in [-0.39, 0.29) is 11.2 Å². The molecule has 0 fully saturated rings. The number of hydrogen-bond acceptors (Lipinski definition) is 4. The first-order valence-electron chi connectivity index (χ1n) is 3.33. The lowest BCUT2D eigenvalue weighted by Gasteiger charge is -2.16. The van der Waals surface area contributed by atoms with Crippen LogP contribution in [-0.4, -0.2) is 5.25 Å². The molecule has 1 aliphatic heterocycles. The van der Waals surface area contributed by atoms with Gasteiger partial charge in [0.2, 0.25) is 0 Å². The van der Waals surface area contributed by atoms with Crippen molar-refractivity contribution in [2.45, 2.75) is 5.25 Å². The Morgan fingerprint density at radius 3 is 2.92 bits per heavy atom.